The van der Waals surface area contributed by atoms with Crippen molar-refractivity contribution in [3.8, 4) is 0 Å². The van der Waals surface area contributed by atoms with Crippen LogP contribution < -0.4 is 0 Å². The minimum Gasteiger partial charge on any atom is -0.348 e. The number of aromatic amines is 1. The summed E-state index contributed by atoms with van der Waals surface area (Å²) in [7, 11) is 0. The molecule has 0 bridgehead atoms. The second-order valence-corrected chi connectivity index (χ2v) is 7.29. The average molecular weight is 339 g/mol. The van der Waals surface area contributed by atoms with Gasteiger partial charge in [-0.1, -0.05) is 13.8 Å². The van der Waals surface area contributed by atoms with Crippen molar-refractivity contribution in [1.82, 2.24) is 24.8 Å². The van der Waals surface area contributed by atoms with Gasteiger partial charge in [0.25, 0.3) is 0 Å². The molecule has 1 aliphatic rings. The number of nitrogens with one attached hydrogen (secondary N) is 1. The van der Waals surface area contributed by atoms with E-state index in [1.807, 2.05) is 18.6 Å². The van der Waals surface area contributed by atoms with Gasteiger partial charge < -0.3 is 4.98 Å². The summed E-state index contributed by atoms with van der Waals surface area (Å²) < 4.78 is 0. The maximum Gasteiger partial charge on any atom is 0.131 e. The zero-order valence-electron chi connectivity index (χ0n) is 13.9. The molecule has 4 heterocycles. The molecule has 1 N–H and O–H groups in total. The van der Waals surface area contributed by atoms with E-state index >= 15 is 0 Å². The van der Waals surface area contributed by atoms with Crippen molar-refractivity contribution in [1.29, 1.82) is 0 Å². The lowest BCUT2D eigenvalue weighted by Crippen LogP contribution is -2.36. The van der Waals surface area contributed by atoms with E-state index in [-0.39, 0.29) is 6.04 Å². The molecule has 0 aromatic carbocycles. The highest BCUT2D eigenvalue weighted by molar-refractivity contribution is 7.08. The molecule has 4 rings (SSSR count). The Morgan fingerprint density at radius 3 is 3.04 bits per heavy atom. The molecule has 3 aromatic heterocycles. The summed E-state index contributed by atoms with van der Waals surface area (Å²) in [5, 5.41) is 4.36. The van der Waals surface area contributed by atoms with E-state index in [9.17, 15) is 0 Å². The Hall–Kier alpha value is -2.05. The lowest BCUT2D eigenvalue weighted by Gasteiger charge is -2.34. The highest BCUT2D eigenvalue weighted by Crippen LogP contribution is 2.35. The Bertz CT molecular complexity index is 808. The maximum atomic E-state index is 4.75. The van der Waals surface area contributed by atoms with Crippen molar-refractivity contribution in [2.24, 2.45) is 0 Å². The van der Waals surface area contributed by atoms with Crippen LogP contribution in [-0.4, -0.2) is 31.4 Å². The van der Waals surface area contributed by atoms with Gasteiger partial charge in [-0.25, -0.2) is 15.0 Å². The van der Waals surface area contributed by atoms with Gasteiger partial charge in [0.2, 0.25) is 0 Å². The smallest absolute Gasteiger partial charge is 0.131 e. The van der Waals surface area contributed by atoms with Gasteiger partial charge in [-0.3, -0.25) is 4.90 Å². The first-order valence-corrected chi connectivity index (χ1v) is 9.26. The molecule has 0 saturated heterocycles. The van der Waals surface area contributed by atoms with Crippen LogP contribution in [0.4, 0.5) is 0 Å². The second kappa shape index (κ2) is 6.45. The predicted octanol–water partition coefficient (Wildman–Crippen LogP) is 3.53. The van der Waals surface area contributed by atoms with Crippen molar-refractivity contribution < 1.29 is 0 Å². The van der Waals surface area contributed by atoms with Gasteiger partial charge >= 0.3 is 0 Å². The Balaban J connectivity index is 1.66. The topological polar surface area (TPSA) is 57.7 Å². The molecule has 0 aliphatic carbocycles. The van der Waals surface area contributed by atoms with Crippen LogP contribution in [0.3, 0.4) is 0 Å². The molecule has 3 aromatic rings. The zero-order chi connectivity index (χ0) is 16.5. The minimum absolute atomic E-state index is 0.198. The number of hydrogen-bond acceptors (Lipinski definition) is 5. The summed E-state index contributed by atoms with van der Waals surface area (Å²) in [6.45, 7) is 6.07. The van der Waals surface area contributed by atoms with E-state index in [0.29, 0.717) is 5.92 Å². The number of thiophene rings is 1. The van der Waals surface area contributed by atoms with E-state index in [2.05, 4.69) is 50.5 Å². The lowest BCUT2D eigenvalue weighted by atomic mass is 9.97. The van der Waals surface area contributed by atoms with Crippen molar-refractivity contribution in [3.05, 3.63) is 63.9 Å². The first-order valence-electron chi connectivity index (χ1n) is 8.32. The van der Waals surface area contributed by atoms with Crippen molar-refractivity contribution in [3.63, 3.8) is 0 Å². The number of fused-ring (bicyclic) bond motifs is 1. The monoisotopic (exact) mass is 339 g/mol. The Morgan fingerprint density at radius 1 is 1.33 bits per heavy atom. The highest BCUT2D eigenvalue weighted by atomic mass is 32.1. The fourth-order valence-corrected chi connectivity index (χ4v) is 3.96. The van der Waals surface area contributed by atoms with Gasteiger partial charge in [-0.15, -0.1) is 0 Å². The average Bonchev–Trinajstić information content (AvgIpc) is 3.26. The molecule has 1 aliphatic heterocycles. The summed E-state index contributed by atoms with van der Waals surface area (Å²) >= 11 is 1.73. The van der Waals surface area contributed by atoms with Crippen LogP contribution in [0.5, 0.6) is 0 Å². The summed E-state index contributed by atoms with van der Waals surface area (Å²) in [6.07, 6.45) is 4.69. The molecule has 5 nitrogen and oxygen atoms in total. The summed E-state index contributed by atoms with van der Waals surface area (Å²) in [6, 6.07) is 4.42. The van der Waals surface area contributed by atoms with Crippen LogP contribution >= 0.6 is 11.3 Å². The first kappa shape index (κ1) is 15.5. The maximum absolute atomic E-state index is 4.75. The normalized spacial score (nSPS) is 18.0. The third kappa shape index (κ3) is 2.87. The van der Waals surface area contributed by atoms with E-state index < -0.39 is 0 Å². The number of nitrogens with zero attached hydrogens (tertiary/aromatic N) is 4. The van der Waals surface area contributed by atoms with Crippen LogP contribution in [0, 0.1) is 0 Å². The molecule has 6 heteroatoms. The molecular formula is C18H21N5S. The second-order valence-electron chi connectivity index (χ2n) is 6.51. The SMILES string of the molecule is CC(C)c1nccc(CN2CCc3[nH]cnc3[C@@H]2c2ccsc2)n1. The van der Waals surface area contributed by atoms with Crippen LogP contribution in [0.15, 0.2) is 35.4 Å². The van der Waals surface area contributed by atoms with E-state index in [1.54, 1.807) is 11.3 Å². The molecular weight excluding hydrogens is 318 g/mol. The summed E-state index contributed by atoms with van der Waals surface area (Å²) in [4.78, 5) is 19.5. The van der Waals surface area contributed by atoms with Crippen LogP contribution in [0.2, 0.25) is 0 Å². The minimum atomic E-state index is 0.198. The van der Waals surface area contributed by atoms with Gasteiger partial charge in [-0.05, 0) is 28.5 Å². The first-order chi connectivity index (χ1) is 11.7. The predicted molar refractivity (Wildman–Crippen MR) is 95.0 cm³/mol. The molecule has 1 atom stereocenters. The van der Waals surface area contributed by atoms with Crippen molar-refractivity contribution in [2.45, 2.75) is 38.8 Å². The largest absolute Gasteiger partial charge is 0.348 e. The molecule has 0 saturated carbocycles. The van der Waals surface area contributed by atoms with Gasteiger partial charge in [0.05, 0.1) is 23.8 Å². The molecule has 0 radical (unpaired) electrons. The van der Waals surface area contributed by atoms with E-state index in [4.69, 9.17) is 4.98 Å². The zero-order valence-corrected chi connectivity index (χ0v) is 14.8. The molecule has 0 spiro atoms. The van der Waals surface area contributed by atoms with Crippen molar-refractivity contribution >= 4 is 11.3 Å². The molecule has 0 amide bonds. The van der Waals surface area contributed by atoms with Gasteiger partial charge in [-0.2, -0.15) is 11.3 Å². The third-order valence-corrected chi connectivity index (χ3v) is 5.20. The van der Waals surface area contributed by atoms with E-state index in [1.165, 1.54) is 11.3 Å². The molecule has 24 heavy (non-hydrogen) atoms. The van der Waals surface area contributed by atoms with E-state index in [0.717, 1.165) is 36.7 Å². The fraction of sp³-hybridized carbons (Fsp3) is 0.389. The Kier molecular flexibility index (Phi) is 4.16. The van der Waals surface area contributed by atoms with Gasteiger partial charge in [0.15, 0.2) is 0 Å². The van der Waals surface area contributed by atoms with Gasteiger partial charge in [0, 0.05) is 37.3 Å². The molecule has 0 fully saturated rings. The number of rotatable bonds is 4. The number of imidazole rings is 1. The third-order valence-electron chi connectivity index (χ3n) is 4.50. The fourth-order valence-electron chi connectivity index (χ4n) is 3.28. The standard InChI is InChI=1S/C18H21N5S/c1-12(2)18-19-6-3-14(22-18)9-23-7-4-15-16(21-11-20-15)17(23)13-5-8-24-10-13/h3,5-6,8,10-12,17H,4,7,9H2,1-2H3,(H,20,21)/t17-/m0/s1. The summed E-state index contributed by atoms with van der Waals surface area (Å²) in [5.74, 6) is 1.26. The number of H-pyrrole nitrogens is 1. The number of aromatic nitrogens is 4. The van der Waals surface area contributed by atoms with Crippen molar-refractivity contribution in [2.75, 3.05) is 6.54 Å². The Morgan fingerprint density at radius 2 is 2.25 bits per heavy atom. The molecule has 124 valence electrons. The summed E-state index contributed by atoms with van der Waals surface area (Å²) in [5.41, 5.74) is 4.80. The lowest BCUT2D eigenvalue weighted by molar-refractivity contribution is 0.198. The van der Waals surface area contributed by atoms with Gasteiger partial charge in [0.1, 0.15) is 5.82 Å². The molecule has 0 unspecified atom stereocenters. The van der Waals surface area contributed by atoms with Crippen LogP contribution in [-0.2, 0) is 13.0 Å². The quantitative estimate of drug-likeness (QED) is 0.790. The number of hydrogen-bond donors (Lipinski definition) is 1. The van der Waals surface area contributed by atoms with Crippen LogP contribution in [0.1, 0.15) is 54.3 Å². The highest BCUT2D eigenvalue weighted by Gasteiger charge is 2.31. The van der Waals surface area contributed by atoms with Crippen LogP contribution in [0.25, 0.3) is 0 Å². The Labute approximate surface area is 145 Å².